The monoisotopic (exact) mass is 295 g/mol. The van der Waals surface area contributed by atoms with Crippen LogP contribution in [0.15, 0.2) is 24.3 Å². The number of carbonyl (C=O) groups is 1. The second-order valence-corrected chi connectivity index (χ2v) is 6.79. The Morgan fingerprint density at radius 1 is 1.25 bits per heavy atom. The van der Waals surface area contributed by atoms with Crippen LogP contribution in [0.25, 0.3) is 0 Å². The summed E-state index contributed by atoms with van der Waals surface area (Å²) in [5, 5.41) is 3.01. The van der Waals surface area contributed by atoms with E-state index in [2.05, 4.69) is 33.0 Å². The molecule has 0 atom stereocenters. The van der Waals surface area contributed by atoms with E-state index in [4.69, 9.17) is 11.6 Å². The Bertz CT molecular complexity index is 423. The summed E-state index contributed by atoms with van der Waals surface area (Å²) >= 11 is 5.72. The zero-order valence-corrected chi connectivity index (χ0v) is 13.8. The first-order valence-corrected chi connectivity index (χ1v) is 7.83. The molecule has 0 bridgehead atoms. The van der Waals surface area contributed by atoms with Gasteiger partial charge in [-0.1, -0.05) is 39.8 Å². The quantitative estimate of drug-likeness (QED) is 0.733. The van der Waals surface area contributed by atoms with Crippen molar-refractivity contribution in [3.63, 3.8) is 0 Å². The van der Waals surface area contributed by atoms with Gasteiger partial charge in [-0.3, -0.25) is 4.79 Å². The molecule has 1 rings (SSSR count). The van der Waals surface area contributed by atoms with Gasteiger partial charge in [-0.05, 0) is 41.9 Å². The summed E-state index contributed by atoms with van der Waals surface area (Å²) in [6, 6.07) is 7.85. The minimum atomic E-state index is -0.000690. The summed E-state index contributed by atoms with van der Waals surface area (Å²) in [5.41, 5.74) is 2.06. The molecule has 1 amide bonds. The largest absolute Gasteiger partial charge is 0.352 e. The summed E-state index contributed by atoms with van der Waals surface area (Å²) in [4.78, 5) is 12.1. The molecule has 0 spiro atoms. The molecule has 20 heavy (non-hydrogen) atoms. The van der Waals surface area contributed by atoms with Crippen LogP contribution < -0.4 is 5.32 Å². The van der Waals surface area contributed by atoms with Gasteiger partial charge in [0.2, 0.25) is 0 Å². The van der Waals surface area contributed by atoms with Crippen LogP contribution >= 0.6 is 11.6 Å². The molecular formula is C17H26ClNO. The zero-order valence-electron chi connectivity index (χ0n) is 13.0. The van der Waals surface area contributed by atoms with Crippen LogP contribution in [-0.2, 0) is 0 Å². The van der Waals surface area contributed by atoms with Crippen LogP contribution in [0.3, 0.4) is 0 Å². The fourth-order valence-corrected chi connectivity index (χ4v) is 2.21. The molecule has 2 nitrogen and oxygen atoms in total. The van der Waals surface area contributed by atoms with E-state index in [0.29, 0.717) is 18.3 Å². The first-order valence-electron chi connectivity index (χ1n) is 7.30. The number of benzene rings is 1. The average molecular weight is 296 g/mol. The highest BCUT2D eigenvalue weighted by Gasteiger charge is 2.18. The number of rotatable bonds is 7. The summed E-state index contributed by atoms with van der Waals surface area (Å²) in [6.45, 7) is 9.28. The number of carbonyl (C=O) groups excluding carboxylic acids is 1. The van der Waals surface area contributed by atoms with Crippen molar-refractivity contribution < 1.29 is 4.79 Å². The predicted octanol–water partition coefficient (Wildman–Crippen LogP) is 4.59. The molecule has 0 radical (unpaired) electrons. The highest BCUT2D eigenvalue weighted by molar-refractivity contribution is 6.17. The zero-order chi connectivity index (χ0) is 15.2. The maximum atomic E-state index is 12.1. The van der Waals surface area contributed by atoms with Crippen LogP contribution in [0, 0.1) is 5.41 Å². The van der Waals surface area contributed by atoms with Crippen LogP contribution in [-0.4, -0.2) is 18.3 Å². The van der Waals surface area contributed by atoms with E-state index in [1.54, 1.807) is 0 Å². The van der Waals surface area contributed by atoms with Gasteiger partial charge in [-0.2, -0.15) is 0 Å². The Labute approximate surface area is 127 Å². The van der Waals surface area contributed by atoms with E-state index in [1.807, 2.05) is 24.3 Å². The fourth-order valence-electron chi connectivity index (χ4n) is 2.07. The standard InChI is InChI=1S/C17H26ClNO/c1-13(2)14-6-8-15(9-7-14)16(20)19-12-17(3,4)10-5-11-18/h6-9,13H,5,10-12H2,1-4H3,(H,19,20). The molecule has 0 aliphatic heterocycles. The lowest BCUT2D eigenvalue weighted by Gasteiger charge is -2.24. The van der Waals surface area contributed by atoms with Gasteiger partial charge in [0.05, 0.1) is 0 Å². The van der Waals surface area contributed by atoms with Gasteiger partial charge in [0, 0.05) is 18.0 Å². The molecule has 3 heteroatoms. The molecule has 0 fully saturated rings. The molecule has 1 aromatic rings. The number of nitrogens with one attached hydrogen (secondary N) is 1. The minimum absolute atomic E-state index is 0.000690. The number of alkyl halides is 1. The smallest absolute Gasteiger partial charge is 0.251 e. The first kappa shape index (κ1) is 17.0. The summed E-state index contributed by atoms with van der Waals surface area (Å²) < 4.78 is 0. The molecule has 0 unspecified atom stereocenters. The Hall–Kier alpha value is -1.02. The number of amides is 1. The molecule has 1 aromatic carbocycles. The SMILES string of the molecule is CC(C)c1ccc(C(=O)NCC(C)(C)CCCCl)cc1. The van der Waals surface area contributed by atoms with Crippen LogP contribution in [0.1, 0.15) is 62.4 Å². The van der Waals surface area contributed by atoms with Crippen molar-refractivity contribution in [1.82, 2.24) is 5.32 Å². The van der Waals surface area contributed by atoms with Gasteiger partial charge in [0.25, 0.3) is 5.91 Å². The Kier molecular flexibility index (Phi) is 6.54. The molecule has 0 aromatic heterocycles. The van der Waals surface area contributed by atoms with Gasteiger partial charge in [0.15, 0.2) is 0 Å². The lowest BCUT2D eigenvalue weighted by Crippen LogP contribution is -2.34. The third kappa shape index (κ3) is 5.54. The Morgan fingerprint density at radius 2 is 1.85 bits per heavy atom. The second kappa shape index (κ2) is 7.68. The van der Waals surface area contributed by atoms with Gasteiger partial charge in [0.1, 0.15) is 0 Å². The summed E-state index contributed by atoms with van der Waals surface area (Å²) in [7, 11) is 0. The van der Waals surface area contributed by atoms with Crippen molar-refractivity contribution in [2.45, 2.75) is 46.5 Å². The van der Waals surface area contributed by atoms with E-state index in [0.717, 1.165) is 18.4 Å². The number of halogens is 1. The van der Waals surface area contributed by atoms with E-state index in [1.165, 1.54) is 5.56 Å². The normalized spacial score (nSPS) is 11.7. The molecule has 1 N–H and O–H groups in total. The molecule has 112 valence electrons. The summed E-state index contributed by atoms with van der Waals surface area (Å²) in [5.74, 6) is 1.16. The van der Waals surface area contributed by atoms with Crippen molar-refractivity contribution in [3.05, 3.63) is 35.4 Å². The number of hydrogen-bond donors (Lipinski definition) is 1. The summed E-state index contributed by atoms with van der Waals surface area (Å²) in [6.07, 6.45) is 2.00. The van der Waals surface area contributed by atoms with Crippen molar-refractivity contribution in [3.8, 4) is 0 Å². The molecule has 0 aliphatic carbocycles. The van der Waals surface area contributed by atoms with Gasteiger partial charge in [-0.15, -0.1) is 11.6 Å². The Balaban J connectivity index is 2.54. The van der Waals surface area contributed by atoms with Gasteiger partial charge < -0.3 is 5.32 Å². The van der Waals surface area contributed by atoms with Crippen molar-refractivity contribution in [2.24, 2.45) is 5.41 Å². The number of hydrogen-bond acceptors (Lipinski definition) is 1. The highest BCUT2D eigenvalue weighted by Crippen LogP contribution is 2.21. The van der Waals surface area contributed by atoms with Crippen molar-refractivity contribution in [2.75, 3.05) is 12.4 Å². The molecule has 0 aliphatic rings. The van der Waals surface area contributed by atoms with E-state index in [9.17, 15) is 4.79 Å². The lowest BCUT2D eigenvalue weighted by molar-refractivity contribution is 0.0934. The lowest BCUT2D eigenvalue weighted by atomic mass is 9.88. The fraction of sp³-hybridized carbons (Fsp3) is 0.588. The van der Waals surface area contributed by atoms with E-state index < -0.39 is 0 Å². The third-order valence-corrected chi connectivity index (χ3v) is 3.82. The minimum Gasteiger partial charge on any atom is -0.352 e. The Morgan fingerprint density at radius 3 is 2.35 bits per heavy atom. The third-order valence-electron chi connectivity index (χ3n) is 3.55. The van der Waals surface area contributed by atoms with Crippen LogP contribution in [0.4, 0.5) is 0 Å². The average Bonchev–Trinajstić information content (AvgIpc) is 2.43. The highest BCUT2D eigenvalue weighted by atomic mass is 35.5. The maximum absolute atomic E-state index is 12.1. The maximum Gasteiger partial charge on any atom is 0.251 e. The second-order valence-electron chi connectivity index (χ2n) is 6.42. The first-order chi connectivity index (χ1) is 9.35. The van der Waals surface area contributed by atoms with Crippen LogP contribution in [0.5, 0.6) is 0 Å². The molecule has 0 saturated carbocycles. The van der Waals surface area contributed by atoms with Crippen molar-refractivity contribution in [1.29, 1.82) is 0 Å². The van der Waals surface area contributed by atoms with Crippen molar-refractivity contribution >= 4 is 17.5 Å². The molecule has 0 saturated heterocycles. The van der Waals surface area contributed by atoms with Crippen LogP contribution in [0.2, 0.25) is 0 Å². The molecular weight excluding hydrogens is 270 g/mol. The van der Waals surface area contributed by atoms with Gasteiger partial charge >= 0.3 is 0 Å². The predicted molar refractivity (Wildman–Crippen MR) is 86.6 cm³/mol. The van der Waals surface area contributed by atoms with E-state index in [-0.39, 0.29) is 11.3 Å². The van der Waals surface area contributed by atoms with Gasteiger partial charge in [-0.25, -0.2) is 0 Å². The van der Waals surface area contributed by atoms with E-state index >= 15 is 0 Å². The topological polar surface area (TPSA) is 29.1 Å². The molecule has 0 heterocycles.